The summed E-state index contributed by atoms with van der Waals surface area (Å²) in [5.41, 5.74) is 0. The van der Waals surface area contributed by atoms with E-state index in [0.717, 1.165) is 12.8 Å². The zero-order chi connectivity index (χ0) is 14.3. The molecule has 0 aliphatic heterocycles. The molecule has 1 aliphatic rings. The second kappa shape index (κ2) is 8.12. The van der Waals surface area contributed by atoms with Crippen molar-refractivity contribution < 1.29 is 24.2 Å². The van der Waals surface area contributed by atoms with Crippen molar-refractivity contribution in [3.8, 4) is 0 Å². The van der Waals surface area contributed by atoms with Crippen molar-refractivity contribution in [1.29, 1.82) is 0 Å². The maximum atomic E-state index is 12.0. The first-order valence-electron chi connectivity index (χ1n) is 6.66. The molecule has 6 nitrogen and oxygen atoms in total. The molecule has 0 spiro atoms. The van der Waals surface area contributed by atoms with Gasteiger partial charge in [-0.25, -0.2) is 0 Å². The van der Waals surface area contributed by atoms with Crippen molar-refractivity contribution in [3.05, 3.63) is 0 Å². The number of carbonyl (C=O) groups excluding carboxylic acids is 1. The van der Waals surface area contributed by atoms with E-state index in [9.17, 15) is 9.59 Å². The minimum atomic E-state index is -0.995. The molecule has 19 heavy (non-hydrogen) atoms. The van der Waals surface area contributed by atoms with Crippen LogP contribution in [0.1, 0.15) is 26.2 Å². The molecule has 1 N–H and O–H groups in total. The second-order valence-electron chi connectivity index (χ2n) is 4.82. The molecule has 1 aliphatic carbocycles. The Morgan fingerprint density at radius 1 is 1.37 bits per heavy atom. The standard InChI is InChI=1S/C13H23NO5/c1-3-19-11-6-10(7-11)8-12(15)14(4-5-18-2)9-13(16)17/h10-11H,3-9H2,1-2H3,(H,16,17). The molecule has 0 aromatic carbocycles. The van der Waals surface area contributed by atoms with E-state index < -0.39 is 5.97 Å². The lowest BCUT2D eigenvalue weighted by molar-refractivity contribution is -0.146. The van der Waals surface area contributed by atoms with Crippen LogP contribution in [-0.2, 0) is 19.1 Å². The normalized spacial score (nSPS) is 21.8. The third kappa shape index (κ3) is 5.57. The van der Waals surface area contributed by atoms with Crippen LogP contribution in [0.5, 0.6) is 0 Å². The van der Waals surface area contributed by atoms with Crippen LogP contribution in [0.25, 0.3) is 0 Å². The predicted octanol–water partition coefficient (Wildman–Crippen LogP) is 0.751. The molecule has 0 bridgehead atoms. The molecule has 0 radical (unpaired) electrons. The highest BCUT2D eigenvalue weighted by molar-refractivity contribution is 5.81. The largest absolute Gasteiger partial charge is 0.480 e. The zero-order valence-electron chi connectivity index (χ0n) is 11.6. The molecule has 1 rings (SSSR count). The summed E-state index contributed by atoms with van der Waals surface area (Å²) < 4.78 is 10.3. The number of methoxy groups -OCH3 is 1. The number of aliphatic carboxylic acids is 1. The molecule has 1 fully saturated rings. The van der Waals surface area contributed by atoms with Gasteiger partial charge in [0.05, 0.1) is 12.7 Å². The van der Waals surface area contributed by atoms with Crippen molar-refractivity contribution in [2.24, 2.45) is 5.92 Å². The second-order valence-corrected chi connectivity index (χ2v) is 4.82. The van der Waals surface area contributed by atoms with E-state index in [1.165, 1.54) is 12.0 Å². The van der Waals surface area contributed by atoms with Crippen LogP contribution in [-0.4, -0.2) is 61.4 Å². The van der Waals surface area contributed by atoms with Crippen LogP contribution in [0.3, 0.4) is 0 Å². The fourth-order valence-electron chi connectivity index (χ4n) is 2.25. The highest BCUT2D eigenvalue weighted by Gasteiger charge is 2.32. The first kappa shape index (κ1) is 15.9. The van der Waals surface area contributed by atoms with Crippen LogP contribution in [0.15, 0.2) is 0 Å². The quantitative estimate of drug-likeness (QED) is 0.671. The Morgan fingerprint density at radius 2 is 2.05 bits per heavy atom. The van der Waals surface area contributed by atoms with Gasteiger partial charge in [0, 0.05) is 26.7 Å². The van der Waals surface area contributed by atoms with E-state index in [0.29, 0.717) is 32.1 Å². The predicted molar refractivity (Wildman–Crippen MR) is 68.8 cm³/mol. The fraction of sp³-hybridized carbons (Fsp3) is 0.846. The third-order valence-electron chi connectivity index (χ3n) is 3.30. The van der Waals surface area contributed by atoms with Gasteiger partial charge in [0.15, 0.2) is 0 Å². The van der Waals surface area contributed by atoms with Gasteiger partial charge in [0.2, 0.25) is 5.91 Å². The van der Waals surface area contributed by atoms with Gasteiger partial charge in [-0.2, -0.15) is 0 Å². The molecule has 0 saturated heterocycles. The summed E-state index contributed by atoms with van der Waals surface area (Å²) in [5, 5.41) is 8.79. The Morgan fingerprint density at radius 3 is 2.58 bits per heavy atom. The van der Waals surface area contributed by atoms with Gasteiger partial charge >= 0.3 is 5.97 Å². The zero-order valence-corrected chi connectivity index (χ0v) is 11.6. The number of amides is 1. The molecule has 1 amide bonds. The summed E-state index contributed by atoms with van der Waals surface area (Å²) in [5.74, 6) is -0.785. The highest BCUT2D eigenvalue weighted by atomic mass is 16.5. The number of carbonyl (C=O) groups is 2. The molecule has 0 atom stereocenters. The Labute approximate surface area is 113 Å². The summed E-state index contributed by atoms with van der Waals surface area (Å²) in [4.78, 5) is 24.1. The van der Waals surface area contributed by atoms with Crippen LogP contribution < -0.4 is 0 Å². The molecule has 1 saturated carbocycles. The molecule has 110 valence electrons. The smallest absolute Gasteiger partial charge is 0.323 e. The molecular formula is C13H23NO5. The summed E-state index contributed by atoms with van der Waals surface area (Å²) >= 11 is 0. The van der Waals surface area contributed by atoms with Gasteiger partial charge in [0.1, 0.15) is 6.54 Å². The van der Waals surface area contributed by atoms with Crippen molar-refractivity contribution in [2.45, 2.75) is 32.3 Å². The number of hydrogen-bond donors (Lipinski definition) is 1. The molecule has 0 heterocycles. The van der Waals surface area contributed by atoms with Gasteiger partial charge in [-0.15, -0.1) is 0 Å². The van der Waals surface area contributed by atoms with E-state index in [4.69, 9.17) is 14.6 Å². The first-order chi connectivity index (χ1) is 9.06. The summed E-state index contributed by atoms with van der Waals surface area (Å²) in [7, 11) is 1.53. The number of carboxylic acid groups (broad SMARTS) is 1. The molecule has 0 aromatic rings. The monoisotopic (exact) mass is 273 g/mol. The highest BCUT2D eigenvalue weighted by Crippen LogP contribution is 2.33. The van der Waals surface area contributed by atoms with Crippen LogP contribution in [0.4, 0.5) is 0 Å². The average Bonchev–Trinajstić information content (AvgIpc) is 2.31. The molecule has 0 aromatic heterocycles. The maximum Gasteiger partial charge on any atom is 0.323 e. The fourth-order valence-corrected chi connectivity index (χ4v) is 2.25. The van der Waals surface area contributed by atoms with Gasteiger partial charge in [-0.3, -0.25) is 9.59 Å². The lowest BCUT2D eigenvalue weighted by atomic mass is 9.79. The Hall–Kier alpha value is -1.14. The summed E-state index contributed by atoms with van der Waals surface area (Å²) in [6, 6.07) is 0. The number of nitrogens with zero attached hydrogens (tertiary/aromatic N) is 1. The van der Waals surface area contributed by atoms with E-state index in [-0.39, 0.29) is 18.6 Å². The van der Waals surface area contributed by atoms with E-state index in [2.05, 4.69) is 0 Å². The Bertz CT molecular complexity index is 301. The summed E-state index contributed by atoms with van der Waals surface area (Å²) in [6.45, 7) is 3.07. The molecular weight excluding hydrogens is 250 g/mol. The Balaban J connectivity index is 2.33. The maximum absolute atomic E-state index is 12.0. The molecule has 0 unspecified atom stereocenters. The van der Waals surface area contributed by atoms with Crippen molar-refractivity contribution >= 4 is 11.9 Å². The van der Waals surface area contributed by atoms with E-state index in [1.807, 2.05) is 6.92 Å². The van der Waals surface area contributed by atoms with E-state index >= 15 is 0 Å². The number of ether oxygens (including phenoxy) is 2. The van der Waals surface area contributed by atoms with Crippen molar-refractivity contribution in [2.75, 3.05) is 33.4 Å². The number of rotatable bonds is 9. The minimum Gasteiger partial charge on any atom is -0.480 e. The Kier molecular flexibility index (Phi) is 6.80. The van der Waals surface area contributed by atoms with Crippen LogP contribution >= 0.6 is 0 Å². The van der Waals surface area contributed by atoms with Gasteiger partial charge in [-0.05, 0) is 25.7 Å². The van der Waals surface area contributed by atoms with Crippen molar-refractivity contribution in [3.63, 3.8) is 0 Å². The number of hydrogen-bond acceptors (Lipinski definition) is 4. The lowest BCUT2D eigenvalue weighted by Crippen LogP contribution is -2.41. The number of carboxylic acids is 1. The SMILES string of the molecule is CCOC1CC(CC(=O)N(CCOC)CC(=O)O)C1. The van der Waals surface area contributed by atoms with E-state index in [1.54, 1.807) is 0 Å². The lowest BCUT2D eigenvalue weighted by Gasteiger charge is -2.35. The molecule has 6 heteroatoms. The van der Waals surface area contributed by atoms with Gasteiger partial charge in [-0.1, -0.05) is 0 Å². The average molecular weight is 273 g/mol. The minimum absolute atomic E-state index is 0.112. The van der Waals surface area contributed by atoms with Crippen LogP contribution in [0, 0.1) is 5.92 Å². The topological polar surface area (TPSA) is 76.1 Å². The van der Waals surface area contributed by atoms with Gasteiger partial charge < -0.3 is 19.5 Å². The van der Waals surface area contributed by atoms with Gasteiger partial charge in [0.25, 0.3) is 0 Å². The first-order valence-corrected chi connectivity index (χ1v) is 6.66. The van der Waals surface area contributed by atoms with Crippen molar-refractivity contribution in [1.82, 2.24) is 4.90 Å². The third-order valence-corrected chi connectivity index (χ3v) is 3.30. The van der Waals surface area contributed by atoms with Crippen LogP contribution in [0.2, 0.25) is 0 Å². The summed E-state index contributed by atoms with van der Waals surface area (Å²) in [6.07, 6.45) is 2.46.